The number of hydrogen-bond donors (Lipinski definition) is 0. The summed E-state index contributed by atoms with van der Waals surface area (Å²) < 4.78 is 5.55. The van der Waals surface area contributed by atoms with E-state index in [4.69, 9.17) is 16.1 Å². The number of aromatic nitrogens is 2. The first kappa shape index (κ1) is 17.9. The van der Waals surface area contributed by atoms with E-state index in [9.17, 15) is 4.79 Å². The van der Waals surface area contributed by atoms with Gasteiger partial charge in [-0.25, -0.2) is 0 Å². The summed E-state index contributed by atoms with van der Waals surface area (Å²) in [6.07, 6.45) is 5.18. The number of hydrogen-bond acceptors (Lipinski definition) is 5. The molecule has 1 amide bonds. The molecule has 0 radical (unpaired) electrons. The van der Waals surface area contributed by atoms with Gasteiger partial charge < -0.3 is 9.42 Å². The Morgan fingerprint density at radius 1 is 1.25 bits per heavy atom. The molecule has 1 aromatic carbocycles. The zero-order chi connectivity index (χ0) is 19.3. The highest BCUT2D eigenvalue weighted by Gasteiger charge is 2.35. The molecular weight excluding hydrogens is 394 g/mol. The molecule has 5 nitrogen and oxygen atoms in total. The van der Waals surface area contributed by atoms with Crippen LogP contribution < -0.4 is 4.90 Å². The highest BCUT2D eigenvalue weighted by molar-refractivity contribution is 7.15. The van der Waals surface area contributed by atoms with Crippen LogP contribution in [0.25, 0.3) is 10.8 Å². The molecule has 5 rings (SSSR count). The minimum absolute atomic E-state index is 0.0597. The molecule has 0 N–H and O–H groups in total. The third kappa shape index (κ3) is 3.14. The van der Waals surface area contributed by atoms with Gasteiger partial charge in [0, 0.05) is 34.5 Å². The summed E-state index contributed by atoms with van der Waals surface area (Å²) in [6, 6.07) is 7.85. The van der Waals surface area contributed by atoms with Crippen molar-refractivity contribution in [3.63, 3.8) is 0 Å². The van der Waals surface area contributed by atoms with E-state index in [2.05, 4.69) is 16.2 Å². The van der Waals surface area contributed by atoms with Gasteiger partial charge in [0.2, 0.25) is 5.91 Å². The van der Waals surface area contributed by atoms with Crippen molar-refractivity contribution >= 4 is 34.5 Å². The quantitative estimate of drug-likeness (QED) is 0.595. The van der Waals surface area contributed by atoms with Gasteiger partial charge in [-0.15, -0.1) is 11.3 Å². The minimum atomic E-state index is -0.0597. The van der Waals surface area contributed by atoms with Crippen molar-refractivity contribution in [1.29, 1.82) is 0 Å². The fourth-order valence-electron chi connectivity index (χ4n) is 4.02. The van der Waals surface area contributed by atoms with Crippen LogP contribution in [0.15, 0.2) is 28.8 Å². The lowest BCUT2D eigenvalue weighted by Gasteiger charge is -2.17. The molecule has 1 aliphatic carbocycles. The van der Waals surface area contributed by atoms with E-state index in [1.807, 2.05) is 25.1 Å². The summed E-state index contributed by atoms with van der Waals surface area (Å²) in [5.41, 5.74) is 3.24. The summed E-state index contributed by atoms with van der Waals surface area (Å²) in [7, 11) is 0. The summed E-state index contributed by atoms with van der Waals surface area (Å²) in [4.78, 5) is 21.5. The van der Waals surface area contributed by atoms with Crippen LogP contribution in [0.5, 0.6) is 0 Å². The minimum Gasteiger partial charge on any atom is -0.333 e. The molecule has 0 bridgehead atoms. The number of thiophene rings is 1. The number of carbonyl (C=O) groups is 1. The molecule has 3 aromatic rings. The van der Waals surface area contributed by atoms with Crippen LogP contribution in [0.1, 0.15) is 47.0 Å². The number of rotatable bonds is 3. The molecule has 2 aliphatic rings. The van der Waals surface area contributed by atoms with Gasteiger partial charge in [0.05, 0.1) is 4.88 Å². The lowest BCUT2D eigenvalue weighted by atomic mass is 9.99. The molecule has 0 saturated carbocycles. The second-order valence-corrected chi connectivity index (χ2v) is 9.11. The van der Waals surface area contributed by atoms with Gasteiger partial charge in [-0.3, -0.25) is 4.79 Å². The topological polar surface area (TPSA) is 59.2 Å². The molecule has 28 heavy (non-hydrogen) atoms. The lowest BCUT2D eigenvalue weighted by Crippen LogP contribution is -2.24. The Labute approximate surface area is 172 Å². The molecule has 0 spiro atoms. The fourth-order valence-corrected chi connectivity index (χ4v) is 5.32. The Morgan fingerprint density at radius 2 is 2.11 bits per heavy atom. The summed E-state index contributed by atoms with van der Waals surface area (Å²) >= 11 is 7.87. The number of amides is 1. The van der Waals surface area contributed by atoms with Crippen LogP contribution in [0.2, 0.25) is 5.02 Å². The predicted octanol–water partition coefficient (Wildman–Crippen LogP) is 5.16. The van der Waals surface area contributed by atoms with Crippen molar-refractivity contribution in [1.82, 2.24) is 10.1 Å². The molecule has 1 fully saturated rings. The predicted molar refractivity (Wildman–Crippen MR) is 110 cm³/mol. The van der Waals surface area contributed by atoms with Crippen molar-refractivity contribution in [3.05, 3.63) is 51.1 Å². The van der Waals surface area contributed by atoms with Crippen molar-refractivity contribution in [2.24, 2.45) is 0 Å². The van der Waals surface area contributed by atoms with Gasteiger partial charge >= 0.3 is 0 Å². The van der Waals surface area contributed by atoms with E-state index in [1.165, 1.54) is 23.3 Å². The molecule has 2 aromatic heterocycles. The molecule has 144 valence electrons. The van der Waals surface area contributed by atoms with Crippen LogP contribution in [0.3, 0.4) is 0 Å². The van der Waals surface area contributed by atoms with Crippen molar-refractivity contribution in [2.45, 2.75) is 44.9 Å². The maximum absolute atomic E-state index is 12.6. The maximum atomic E-state index is 12.6. The number of fused-ring (bicyclic) bond motifs is 1. The van der Waals surface area contributed by atoms with Crippen molar-refractivity contribution in [3.8, 4) is 10.8 Å². The van der Waals surface area contributed by atoms with Gasteiger partial charge in [-0.05, 0) is 68.0 Å². The number of carbonyl (C=O) groups excluding carboxylic acids is 1. The zero-order valence-electron chi connectivity index (χ0n) is 15.6. The van der Waals surface area contributed by atoms with Gasteiger partial charge in [0.15, 0.2) is 5.82 Å². The average Bonchev–Trinajstić information content (AvgIpc) is 3.41. The highest BCUT2D eigenvalue weighted by atomic mass is 35.5. The van der Waals surface area contributed by atoms with Crippen LogP contribution in [-0.4, -0.2) is 22.6 Å². The largest absolute Gasteiger partial charge is 0.333 e. The molecular formula is C21H20ClN3O2S. The van der Waals surface area contributed by atoms with E-state index in [0.717, 1.165) is 29.0 Å². The Bertz CT molecular complexity index is 1030. The number of nitrogens with zero attached hydrogens (tertiary/aromatic N) is 3. The summed E-state index contributed by atoms with van der Waals surface area (Å²) in [6.45, 7) is 2.50. The Kier molecular flexibility index (Phi) is 4.48. The molecule has 1 atom stereocenters. The van der Waals surface area contributed by atoms with Gasteiger partial charge in [-0.1, -0.05) is 16.8 Å². The van der Waals surface area contributed by atoms with E-state index in [1.54, 1.807) is 16.2 Å². The van der Waals surface area contributed by atoms with Crippen molar-refractivity contribution < 1.29 is 9.32 Å². The Balaban J connectivity index is 1.37. The third-order valence-corrected chi connectivity index (χ3v) is 7.24. The number of benzene rings is 1. The fraction of sp³-hybridized carbons (Fsp3) is 0.381. The van der Waals surface area contributed by atoms with Crippen LogP contribution in [0, 0.1) is 6.92 Å². The number of anilines is 1. The highest BCUT2D eigenvalue weighted by Crippen LogP contribution is 2.37. The second-order valence-electron chi connectivity index (χ2n) is 7.56. The standard InChI is InChI=1S/C21H20ClN3O2S/c1-12-8-15(6-7-16(12)22)25-11-14(10-19(25)26)20-23-21(27-24-20)18-9-13-4-2-3-5-17(13)28-18/h6-9,14H,2-5,10-11H2,1H3. The Hall–Kier alpha value is -2.18. The van der Waals surface area contributed by atoms with Crippen LogP contribution >= 0.6 is 22.9 Å². The smallest absolute Gasteiger partial charge is 0.268 e. The van der Waals surface area contributed by atoms with Gasteiger partial charge in [-0.2, -0.15) is 4.98 Å². The van der Waals surface area contributed by atoms with E-state index >= 15 is 0 Å². The van der Waals surface area contributed by atoms with Crippen molar-refractivity contribution in [2.75, 3.05) is 11.4 Å². The normalized spacial score (nSPS) is 19.3. The van der Waals surface area contributed by atoms with Gasteiger partial charge in [0.1, 0.15) is 0 Å². The van der Waals surface area contributed by atoms with Crippen LogP contribution in [0.4, 0.5) is 5.69 Å². The number of halogens is 1. The monoisotopic (exact) mass is 413 g/mol. The second kappa shape index (κ2) is 7.01. The summed E-state index contributed by atoms with van der Waals surface area (Å²) in [5, 5.41) is 4.90. The first-order valence-electron chi connectivity index (χ1n) is 9.60. The molecule has 7 heteroatoms. The molecule has 1 saturated heterocycles. The molecule has 1 aliphatic heterocycles. The van der Waals surface area contributed by atoms with Gasteiger partial charge in [0.25, 0.3) is 5.89 Å². The zero-order valence-corrected chi connectivity index (χ0v) is 17.1. The van der Waals surface area contributed by atoms with E-state index in [-0.39, 0.29) is 11.8 Å². The SMILES string of the molecule is Cc1cc(N2CC(c3noc(-c4cc5c(s4)CCCC5)n3)CC2=O)ccc1Cl. The first-order chi connectivity index (χ1) is 13.6. The Morgan fingerprint density at radius 3 is 2.93 bits per heavy atom. The maximum Gasteiger partial charge on any atom is 0.268 e. The van der Waals surface area contributed by atoms with E-state index in [0.29, 0.717) is 29.7 Å². The lowest BCUT2D eigenvalue weighted by molar-refractivity contribution is -0.117. The first-order valence-corrected chi connectivity index (χ1v) is 10.8. The summed E-state index contributed by atoms with van der Waals surface area (Å²) in [5.74, 6) is 1.20. The van der Waals surface area contributed by atoms with E-state index < -0.39 is 0 Å². The average molecular weight is 414 g/mol. The third-order valence-electron chi connectivity index (χ3n) is 5.59. The van der Waals surface area contributed by atoms with Crippen LogP contribution in [-0.2, 0) is 17.6 Å². The number of aryl methyl sites for hydroxylation is 3. The molecule has 3 heterocycles. The molecule has 1 unspecified atom stereocenters.